The SMILES string of the molecule is CCNC(=NCC(O)Cc1ccccc1)NCC(c1ccco1)N1CCCC1.I. The van der Waals surface area contributed by atoms with E-state index in [1.807, 2.05) is 49.4 Å². The molecule has 2 heterocycles. The third-order valence-corrected chi connectivity index (χ3v) is 5.03. The molecule has 1 aromatic carbocycles. The lowest BCUT2D eigenvalue weighted by Gasteiger charge is -2.26. The first kappa shape index (κ1) is 23.7. The predicted octanol–water partition coefficient (Wildman–Crippen LogP) is 3.19. The second-order valence-electron chi connectivity index (χ2n) is 7.22. The predicted molar refractivity (Wildman–Crippen MR) is 128 cm³/mol. The Bertz CT molecular complexity index is 703. The number of guanidine groups is 1. The van der Waals surface area contributed by atoms with Crippen molar-refractivity contribution < 1.29 is 9.52 Å². The second-order valence-corrected chi connectivity index (χ2v) is 7.22. The average Bonchev–Trinajstić information content (AvgIpc) is 3.42. The van der Waals surface area contributed by atoms with Gasteiger partial charge in [-0.1, -0.05) is 30.3 Å². The maximum atomic E-state index is 10.3. The third kappa shape index (κ3) is 7.64. The summed E-state index contributed by atoms with van der Waals surface area (Å²) >= 11 is 0. The molecule has 7 heteroatoms. The van der Waals surface area contributed by atoms with E-state index in [0.717, 1.165) is 36.9 Å². The lowest BCUT2D eigenvalue weighted by molar-refractivity contribution is 0.183. The topological polar surface area (TPSA) is 73.0 Å². The van der Waals surface area contributed by atoms with Crippen LogP contribution in [0.3, 0.4) is 0 Å². The van der Waals surface area contributed by atoms with Gasteiger partial charge in [-0.2, -0.15) is 0 Å². The number of nitrogens with one attached hydrogen (secondary N) is 2. The van der Waals surface area contributed by atoms with Crippen molar-refractivity contribution in [3.8, 4) is 0 Å². The van der Waals surface area contributed by atoms with Crippen molar-refractivity contribution in [1.82, 2.24) is 15.5 Å². The van der Waals surface area contributed by atoms with E-state index in [1.54, 1.807) is 6.26 Å². The van der Waals surface area contributed by atoms with E-state index in [4.69, 9.17) is 4.42 Å². The molecular formula is C22H33IN4O2. The average molecular weight is 512 g/mol. The van der Waals surface area contributed by atoms with Crippen LogP contribution < -0.4 is 10.6 Å². The zero-order valence-electron chi connectivity index (χ0n) is 17.1. The minimum atomic E-state index is -0.502. The zero-order valence-corrected chi connectivity index (χ0v) is 19.4. The van der Waals surface area contributed by atoms with Crippen LogP contribution in [-0.4, -0.2) is 54.8 Å². The number of aliphatic imine (C=N–C) groups is 1. The standard InChI is InChI=1S/C22H32N4O2.HI/c1-2-23-22(24-16-19(27)15-18-9-4-3-5-10-18)25-17-20(21-11-8-14-28-21)26-12-6-7-13-26;/h3-5,8-11,14,19-20,27H,2,6-7,12-13,15-17H2,1H3,(H2,23,24,25);1H. The van der Waals surface area contributed by atoms with Gasteiger partial charge >= 0.3 is 0 Å². The Morgan fingerprint density at radius 1 is 1.14 bits per heavy atom. The van der Waals surface area contributed by atoms with Crippen LogP contribution >= 0.6 is 24.0 Å². The Labute approximate surface area is 190 Å². The molecule has 160 valence electrons. The molecule has 1 fully saturated rings. The Morgan fingerprint density at radius 3 is 2.55 bits per heavy atom. The van der Waals surface area contributed by atoms with Gasteiger partial charge in [0.2, 0.25) is 0 Å². The third-order valence-electron chi connectivity index (χ3n) is 5.03. The maximum Gasteiger partial charge on any atom is 0.191 e. The number of nitrogens with zero attached hydrogens (tertiary/aromatic N) is 2. The first-order chi connectivity index (χ1) is 13.8. The van der Waals surface area contributed by atoms with Crippen molar-refractivity contribution >= 4 is 29.9 Å². The summed E-state index contributed by atoms with van der Waals surface area (Å²) in [5.74, 6) is 1.71. The summed E-state index contributed by atoms with van der Waals surface area (Å²) in [7, 11) is 0. The largest absolute Gasteiger partial charge is 0.468 e. The van der Waals surface area contributed by atoms with Gasteiger partial charge in [0.1, 0.15) is 5.76 Å². The van der Waals surface area contributed by atoms with E-state index in [9.17, 15) is 5.11 Å². The summed E-state index contributed by atoms with van der Waals surface area (Å²) in [4.78, 5) is 7.04. The molecule has 0 amide bonds. The van der Waals surface area contributed by atoms with Crippen molar-refractivity contribution in [2.24, 2.45) is 4.99 Å². The van der Waals surface area contributed by atoms with Crippen LogP contribution in [0.25, 0.3) is 0 Å². The summed E-state index contributed by atoms with van der Waals surface area (Å²) in [6.45, 7) is 6.08. The van der Waals surface area contributed by atoms with Crippen LogP contribution in [0.15, 0.2) is 58.1 Å². The van der Waals surface area contributed by atoms with Crippen molar-refractivity contribution in [3.05, 3.63) is 60.1 Å². The number of benzene rings is 1. The Balaban J connectivity index is 0.00000300. The van der Waals surface area contributed by atoms with Crippen LogP contribution in [0.4, 0.5) is 0 Å². The van der Waals surface area contributed by atoms with E-state index in [1.165, 1.54) is 12.8 Å². The van der Waals surface area contributed by atoms with E-state index in [-0.39, 0.29) is 30.0 Å². The lowest BCUT2D eigenvalue weighted by Crippen LogP contribution is -2.43. The molecule has 1 aromatic heterocycles. The van der Waals surface area contributed by atoms with Gasteiger partial charge in [-0.3, -0.25) is 9.89 Å². The molecule has 2 aromatic rings. The molecule has 1 saturated heterocycles. The molecule has 0 spiro atoms. The number of hydrogen-bond donors (Lipinski definition) is 3. The van der Waals surface area contributed by atoms with Gasteiger partial charge in [-0.05, 0) is 50.6 Å². The van der Waals surface area contributed by atoms with Crippen LogP contribution in [0.1, 0.15) is 37.1 Å². The molecule has 2 unspecified atom stereocenters. The van der Waals surface area contributed by atoms with Crippen molar-refractivity contribution in [2.45, 2.75) is 38.3 Å². The van der Waals surface area contributed by atoms with Gasteiger partial charge < -0.3 is 20.2 Å². The normalized spacial score (nSPS) is 16.8. The molecule has 1 aliphatic heterocycles. The lowest BCUT2D eigenvalue weighted by atomic mass is 10.1. The molecule has 6 nitrogen and oxygen atoms in total. The molecule has 0 aliphatic carbocycles. The fourth-order valence-corrected chi connectivity index (χ4v) is 3.63. The van der Waals surface area contributed by atoms with Crippen LogP contribution in [-0.2, 0) is 6.42 Å². The smallest absolute Gasteiger partial charge is 0.191 e. The monoisotopic (exact) mass is 512 g/mol. The number of halogens is 1. The number of rotatable bonds is 9. The van der Waals surface area contributed by atoms with Crippen molar-refractivity contribution in [1.29, 1.82) is 0 Å². The van der Waals surface area contributed by atoms with Crippen molar-refractivity contribution in [2.75, 3.05) is 32.7 Å². The summed E-state index contributed by atoms with van der Waals surface area (Å²) in [6.07, 6.45) is 4.30. The molecule has 1 aliphatic rings. The zero-order chi connectivity index (χ0) is 19.6. The molecule has 0 bridgehead atoms. The van der Waals surface area contributed by atoms with E-state index in [0.29, 0.717) is 19.5 Å². The highest BCUT2D eigenvalue weighted by atomic mass is 127. The van der Waals surface area contributed by atoms with Gasteiger partial charge in [0.25, 0.3) is 0 Å². The molecule has 3 N–H and O–H groups in total. The van der Waals surface area contributed by atoms with Gasteiger partial charge in [0, 0.05) is 19.5 Å². The van der Waals surface area contributed by atoms with Gasteiger partial charge in [-0.15, -0.1) is 24.0 Å². The second kappa shape index (κ2) is 12.9. The Morgan fingerprint density at radius 2 is 1.90 bits per heavy atom. The summed E-state index contributed by atoms with van der Waals surface area (Å²) in [6, 6.07) is 14.2. The fourth-order valence-electron chi connectivity index (χ4n) is 3.63. The van der Waals surface area contributed by atoms with E-state index in [2.05, 4.69) is 20.5 Å². The van der Waals surface area contributed by atoms with E-state index < -0.39 is 6.10 Å². The number of hydrogen-bond acceptors (Lipinski definition) is 4. The first-order valence-corrected chi connectivity index (χ1v) is 10.3. The Hall–Kier alpha value is -1.58. The van der Waals surface area contributed by atoms with Crippen LogP contribution in [0, 0.1) is 0 Å². The molecule has 0 saturated carbocycles. The van der Waals surface area contributed by atoms with Crippen molar-refractivity contribution in [3.63, 3.8) is 0 Å². The number of aliphatic hydroxyl groups excluding tert-OH is 1. The minimum absolute atomic E-state index is 0. The van der Waals surface area contributed by atoms with Gasteiger partial charge in [-0.25, -0.2) is 0 Å². The van der Waals surface area contributed by atoms with Crippen LogP contribution in [0.2, 0.25) is 0 Å². The number of furan rings is 1. The fraction of sp³-hybridized carbons (Fsp3) is 0.500. The van der Waals surface area contributed by atoms with Gasteiger partial charge in [0.05, 0.1) is 25.0 Å². The number of aliphatic hydroxyl groups is 1. The Kier molecular flexibility index (Phi) is 10.5. The maximum absolute atomic E-state index is 10.3. The number of likely N-dealkylation sites (tertiary alicyclic amines) is 1. The highest BCUT2D eigenvalue weighted by molar-refractivity contribution is 14.0. The minimum Gasteiger partial charge on any atom is -0.468 e. The first-order valence-electron chi connectivity index (χ1n) is 10.3. The molecule has 29 heavy (non-hydrogen) atoms. The summed E-state index contributed by atoms with van der Waals surface area (Å²) < 4.78 is 5.68. The van der Waals surface area contributed by atoms with Gasteiger partial charge in [0.15, 0.2) is 5.96 Å². The molecule has 0 radical (unpaired) electrons. The highest BCUT2D eigenvalue weighted by Gasteiger charge is 2.25. The highest BCUT2D eigenvalue weighted by Crippen LogP contribution is 2.24. The molecule has 3 rings (SSSR count). The summed E-state index contributed by atoms with van der Waals surface area (Å²) in [5, 5.41) is 17.0. The van der Waals surface area contributed by atoms with Crippen LogP contribution in [0.5, 0.6) is 0 Å². The van der Waals surface area contributed by atoms with E-state index >= 15 is 0 Å². The molecule has 2 atom stereocenters. The summed E-state index contributed by atoms with van der Waals surface area (Å²) in [5.41, 5.74) is 1.12. The molecular weight excluding hydrogens is 479 g/mol. The quantitative estimate of drug-likeness (QED) is 0.274.